The zero-order valence-electron chi connectivity index (χ0n) is 15.6. The second-order valence-electron chi connectivity index (χ2n) is 7.31. The Kier molecular flexibility index (Phi) is 7.23. The first-order valence-corrected chi connectivity index (χ1v) is 10.1. The number of rotatable bonds is 4. The highest BCUT2D eigenvalue weighted by Crippen LogP contribution is 2.17. The van der Waals surface area contributed by atoms with Crippen LogP contribution < -0.4 is 10.9 Å². The predicted molar refractivity (Wildman–Crippen MR) is 108 cm³/mol. The van der Waals surface area contributed by atoms with Crippen molar-refractivity contribution in [3.8, 4) is 0 Å². The lowest BCUT2D eigenvalue weighted by Gasteiger charge is -2.06. The second kappa shape index (κ2) is 10.1. The van der Waals surface area contributed by atoms with E-state index in [0.717, 1.165) is 37.1 Å². The number of hydrogen-bond acceptors (Lipinski definition) is 4. The van der Waals surface area contributed by atoms with Crippen molar-refractivity contribution in [2.75, 3.05) is 5.43 Å². The highest BCUT2D eigenvalue weighted by molar-refractivity contribution is 5.95. The number of anilines is 1. The van der Waals surface area contributed by atoms with Gasteiger partial charge in [0.2, 0.25) is 0 Å². The summed E-state index contributed by atoms with van der Waals surface area (Å²) >= 11 is 0. The van der Waals surface area contributed by atoms with Crippen molar-refractivity contribution in [3.05, 3.63) is 29.8 Å². The quantitative estimate of drug-likeness (QED) is 0.573. The molecule has 26 heavy (non-hydrogen) atoms. The zero-order chi connectivity index (χ0) is 18.0. The Balaban J connectivity index is 1.52. The summed E-state index contributed by atoms with van der Waals surface area (Å²) in [7, 11) is 0. The normalized spacial score (nSPS) is 18.5. The average Bonchev–Trinajstić information content (AvgIpc) is 3.10. The van der Waals surface area contributed by atoms with Gasteiger partial charge in [0.05, 0.1) is 5.69 Å². The van der Waals surface area contributed by atoms with E-state index in [1.54, 1.807) is 0 Å². The van der Waals surface area contributed by atoms with Gasteiger partial charge in [-0.15, -0.1) is 0 Å². The molecule has 1 aromatic rings. The molecule has 2 N–H and O–H groups in total. The van der Waals surface area contributed by atoms with Gasteiger partial charge in [0.25, 0.3) is 5.91 Å². The summed E-state index contributed by atoms with van der Waals surface area (Å²) in [6.45, 7) is 0. The van der Waals surface area contributed by atoms with Gasteiger partial charge in [0, 0.05) is 17.0 Å². The molecule has 0 atom stereocenters. The third-order valence-corrected chi connectivity index (χ3v) is 5.17. The number of nitrogens with one attached hydrogen (secondary N) is 2. The van der Waals surface area contributed by atoms with E-state index in [2.05, 4.69) is 21.1 Å². The summed E-state index contributed by atoms with van der Waals surface area (Å²) in [6.07, 6.45) is 14.2. The summed E-state index contributed by atoms with van der Waals surface area (Å²) in [5.74, 6) is -0.150. The molecule has 1 aromatic carbocycles. The Hall–Kier alpha value is -2.17. The van der Waals surface area contributed by atoms with E-state index in [9.17, 15) is 4.79 Å². The average molecular weight is 354 g/mol. The second-order valence-corrected chi connectivity index (χ2v) is 7.31. The van der Waals surface area contributed by atoms with Gasteiger partial charge in [-0.2, -0.15) is 10.2 Å². The predicted octanol–water partition coefficient (Wildman–Crippen LogP) is 5.25. The number of hydrazone groups is 2. The van der Waals surface area contributed by atoms with Crippen molar-refractivity contribution in [2.45, 2.75) is 77.0 Å². The van der Waals surface area contributed by atoms with Crippen LogP contribution in [0.2, 0.25) is 0 Å². The highest BCUT2D eigenvalue weighted by atomic mass is 16.2. The van der Waals surface area contributed by atoms with Gasteiger partial charge in [0.15, 0.2) is 0 Å². The van der Waals surface area contributed by atoms with Gasteiger partial charge in [0.1, 0.15) is 0 Å². The Labute approximate surface area is 156 Å². The maximum atomic E-state index is 12.3. The van der Waals surface area contributed by atoms with Gasteiger partial charge in [-0.1, -0.05) is 25.7 Å². The van der Waals surface area contributed by atoms with Crippen molar-refractivity contribution in [2.24, 2.45) is 10.2 Å². The Morgan fingerprint density at radius 1 is 0.692 bits per heavy atom. The maximum absolute atomic E-state index is 12.3. The van der Waals surface area contributed by atoms with E-state index < -0.39 is 0 Å². The molecule has 140 valence electrons. The minimum Gasteiger partial charge on any atom is -0.279 e. The molecule has 0 spiro atoms. The minimum atomic E-state index is -0.150. The molecule has 0 radical (unpaired) electrons. The largest absolute Gasteiger partial charge is 0.279 e. The lowest BCUT2D eigenvalue weighted by atomic mass is 10.2. The number of benzene rings is 1. The Morgan fingerprint density at radius 3 is 1.73 bits per heavy atom. The van der Waals surface area contributed by atoms with Crippen LogP contribution in [0, 0.1) is 0 Å². The van der Waals surface area contributed by atoms with Crippen LogP contribution in [0.4, 0.5) is 5.69 Å². The van der Waals surface area contributed by atoms with E-state index in [0.29, 0.717) is 5.56 Å². The highest BCUT2D eigenvalue weighted by Gasteiger charge is 2.09. The molecule has 5 nitrogen and oxygen atoms in total. The third-order valence-electron chi connectivity index (χ3n) is 5.17. The molecule has 1 amide bonds. The lowest BCUT2D eigenvalue weighted by molar-refractivity contribution is 0.0954. The number of hydrogen-bond donors (Lipinski definition) is 2. The summed E-state index contributed by atoms with van der Waals surface area (Å²) in [5, 5.41) is 8.87. The third kappa shape index (κ3) is 5.97. The zero-order valence-corrected chi connectivity index (χ0v) is 15.6. The van der Waals surface area contributed by atoms with Gasteiger partial charge in [-0.25, -0.2) is 5.43 Å². The van der Waals surface area contributed by atoms with Crippen LogP contribution in [-0.4, -0.2) is 17.3 Å². The van der Waals surface area contributed by atoms with Crippen LogP contribution in [0.15, 0.2) is 34.5 Å². The van der Waals surface area contributed by atoms with E-state index in [4.69, 9.17) is 0 Å². The summed E-state index contributed by atoms with van der Waals surface area (Å²) in [4.78, 5) is 12.3. The molecule has 0 unspecified atom stereocenters. The van der Waals surface area contributed by atoms with Gasteiger partial charge in [-0.05, 0) is 75.6 Å². The maximum Gasteiger partial charge on any atom is 0.271 e. The molecule has 0 aromatic heterocycles. The molecule has 0 bridgehead atoms. The van der Waals surface area contributed by atoms with Crippen LogP contribution in [-0.2, 0) is 0 Å². The van der Waals surface area contributed by atoms with Crippen LogP contribution in [0.1, 0.15) is 87.4 Å². The van der Waals surface area contributed by atoms with E-state index in [1.165, 1.54) is 57.1 Å². The number of carbonyl (C=O) groups is 1. The first kappa shape index (κ1) is 18.6. The molecule has 2 aliphatic carbocycles. The van der Waals surface area contributed by atoms with Gasteiger partial charge in [-0.3, -0.25) is 10.2 Å². The Morgan fingerprint density at radius 2 is 1.19 bits per heavy atom. The fourth-order valence-electron chi connectivity index (χ4n) is 3.53. The van der Waals surface area contributed by atoms with Crippen LogP contribution in [0.5, 0.6) is 0 Å². The molecule has 0 heterocycles. The number of carbonyl (C=O) groups excluding carboxylic acids is 1. The minimum absolute atomic E-state index is 0.150. The van der Waals surface area contributed by atoms with Crippen LogP contribution >= 0.6 is 0 Å². The SMILES string of the molecule is O=C(NN=C1CCCCCC1)c1ccc(NN=C2CCCCCC2)cc1. The lowest BCUT2D eigenvalue weighted by Crippen LogP contribution is -2.19. The summed E-state index contributed by atoms with van der Waals surface area (Å²) in [6, 6.07) is 7.43. The molecule has 0 saturated heterocycles. The smallest absolute Gasteiger partial charge is 0.271 e. The fraction of sp³-hybridized carbons (Fsp3) is 0.571. The summed E-state index contributed by atoms with van der Waals surface area (Å²) < 4.78 is 0. The molecule has 2 aliphatic rings. The van der Waals surface area contributed by atoms with E-state index in [-0.39, 0.29) is 5.91 Å². The van der Waals surface area contributed by atoms with E-state index in [1.807, 2.05) is 24.3 Å². The standard InChI is InChI=1S/C21H30N4O/c26-21(25-24-19-11-7-3-4-8-12-19)17-13-15-20(16-14-17)23-22-18-9-5-1-2-6-10-18/h13-16,23H,1-12H2,(H,25,26). The van der Waals surface area contributed by atoms with Crippen molar-refractivity contribution in [1.82, 2.24) is 5.43 Å². The number of amides is 1. The first-order chi connectivity index (χ1) is 12.8. The Bertz CT molecular complexity index is 628. The van der Waals surface area contributed by atoms with Crippen LogP contribution in [0.25, 0.3) is 0 Å². The van der Waals surface area contributed by atoms with Gasteiger partial charge < -0.3 is 0 Å². The molecule has 0 aliphatic heterocycles. The molecule has 5 heteroatoms. The molecular formula is C21H30N4O. The topological polar surface area (TPSA) is 65.8 Å². The molecule has 3 rings (SSSR count). The van der Waals surface area contributed by atoms with E-state index >= 15 is 0 Å². The molecular weight excluding hydrogens is 324 g/mol. The monoisotopic (exact) mass is 354 g/mol. The first-order valence-electron chi connectivity index (χ1n) is 10.1. The van der Waals surface area contributed by atoms with Crippen molar-refractivity contribution in [3.63, 3.8) is 0 Å². The molecule has 2 saturated carbocycles. The van der Waals surface area contributed by atoms with Crippen molar-refractivity contribution in [1.29, 1.82) is 0 Å². The fourth-order valence-corrected chi connectivity index (χ4v) is 3.53. The van der Waals surface area contributed by atoms with Crippen LogP contribution in [0.3, 0.4) is 0 Å². The van der Waals surface area contributed by atoms with Crippen molar-refractivity contribution < 1.29 is 4.79 Å². The van der Waals surface area contributed by atoms with Gasteiger partial charge >= 0.3 is 0 Å². The van der Waals surface area contributed by atoms with Crippen molar-refractivity contribution >= 4 is 23.0 Å². The molecule has 2 fully saturated rings. The summed E-state index contributed by atoms with van der Waals surface area (Å²) in [5.41, 5.74) is 9.74. The number of nitrogens with zero attached hydrogens (tertiary/aromatic N) is 2.